The molecule has 0 aliphatic carbocycles. The second-order valence-electron chi connectivity index (χ2n) is 4.85. The van der Waals surface area contributed by atoms with Crippen molar-refractivity contribution in [1.29, 1.82) is 0 Å². The fourth-order valence-corrected chi connectivity index (χ4v) is 1.91. The first-order valence-corrected chi connectivity index (χ1v) is 7.00. The molecule has 2 aromatic carbocycles. The summed E-state index contributed by atoms with van der Waals surface area (Å²) in [4.78, 5) is 23.5. The Hall–Kier alpha value is -2.80. The third kappa shape index (κ3) is 4.60. The normalized spacial score (nSPS) is 10.3. The maximum atomic E-state index is 13.4. The summed E-state index contributed by atoms with van der Waals surface area (Å²) in [5.41, 5.74) is 0.545. The number of rotatable bonds is 6. The van der Waals surface area contributed by atoms with Gasteiger partial charge in [-0.3, -0.25) is 4.79 Å². The fraction of sp³-hybridized carbons (Fsp3) is 0.176. The Morgan fingerprint density at radius 3 is 2.25 bits per heavy atom. The van der Waals surface area contributed by atoms with Crippen LogP contribution in [-0.4, -0.2) is 25.6 Å². The van der Waals surface area contributed by atoms with Crippen molar-refractivity contribution in [2.45, 2.75) is 6.61 Å². The van der Waals surface area contributed by atoms with Crippen molar-refractivity contribution in [1.82, 2.24) is 0 Å². The number of benzene rings is 2. The van der Waals surface area contributed by atoms with Crippen LogP contribution in [-0.2, 0) is 20.9 Å². The lowest BCUT2D eigenvalue weighted by atomic mass is 10.1. The van der Waals surface area contributed by atoms with Gasteiger partial charge in [0.1, 0.15) is 17.3 Å². The number of nitrogens with one attached hydrogen (secondary N) is 1. The number of ether oxygens (including phenoxy) is 2. The predicted molar refractivity (Wildman–Crippen MR) is 82.4 cm³/mol. The molecular formula is C17H15F2NO4. The maximum Gasteiger partial charge on any atom is 0.338 e. The van der Waals surface area contributed by atoms with E-state index in [-0.39, 0.29) is 5.56 Å². The highest BCUT2D eigenvalue weighted by molar-refractivity contribution is 5.95. The molecule has 0 fully saturated rings. The lowest BCUT2D eigenvalue weighted by Crippen LogP contribution is -2.22. The maximum absolute atomic E-state index is 13.4. The molecule has 0 unspecified atom stereocenters. The van der Waals surface area contributed by atoms with Gasteiger partial charge in [-0.15, -0.1) is 0 Å². The second-order valence-corrected chi connectivity index (χ2v) is 4.85. The van der Waals surface area contributed by atoms with Gasteiger partial charge in [0.2, 0.25) is 0 Å². The molecule has 0 bridgehead atoms. The van der Waals surface area contributed by atoms with Gasteiger partial charge in [0.05, 0.1) is 12.2 Å². The number of carbonyl (C=O) groups excluding carboxylic acids is 2. The Morgan fingerprint density at radius 2 is 1.67 bits per heavy atom. The van der Waals surface area contributed by atoms with E-state index in [0.29, 0.717) is 6.61 Å². The van der Waals surface area contributed by atoms with Crippen molar-refractivity contribution in [2.75, 3.05) is 19.0 Å². The second kappa shape index (κ2) is 8.16. The molecule has 0 saturated heterocycles. The van der Waals surface area contributed by atoms with E-state index in [1.807, 2.05) is 5.32 Å². The summed E-state index contributed by atoms with van der Waals surface area (Å²) in [6.45, 7) is -0.252. The van der Waals surface area contributed by atoms with Gasteiger partial charge in [0.25, 0.3) is 5.91 Å². The third-order valence-electron chi connectivity index (χ3n) is 3.06. The summed E-state index contributed by atoms with van der Waals surface area (Å²) in [5.74, 6) is -3.39. The summed E-state index contributed by atoms with van der Waals surface area (Å²) in [6, 6.07) is 9.63. The summed E-state index contributed by atoms with van der Waals surface area (Å²) in [5, 5.41) is 2.03. The lowest BCUT2D eigenvalue weighted by molar-refractivity contribution is -0.119. The molecule has 0 aliphatic rings. The largest absolute Gasteiger partial charge is 0.452 e. The number of hydrogen-bond acceptors (Lipinski definition) is 4. The molecule has 0 radical (unpaired) electrons. The fourth-order valence-electron chi connectivity index (χ4n) is 1.91. The van der Waals surface area contributed by atoms with Crippen LogP contribution in [0.5, 0.6) is 0 Å². The molecule has 1 amide bonds. The van der Waals surface area contributed by atoms with Crippen molar-refractivity contribution in [3.63, 3.8) is 0 Å². The van der Waals surface area contributed by atoms with Gasteiger partial charge < -0.3 is 14.8 Å². The first kappa shape index (κ1) is 17.6. The molecule has 0 aliphatic heterocycles. The standard InChI is InChI=1S/C17H15F2NO4/c1-23-9-11-5-7-12(8-6-11)17(22)24-10-15(21)20-16-13(18)3-2-4-14(16)19/h2-8H,9-10H2,1H3,(H,20,21). The Labute approximate surface area is 137 Å². The van der Waals surface area contributed by atoms with Gasteiger partial charge in [-0.25, -0.2) is 13.6 Å². The van der Waals surface area contributed by atoms with E-state index < -0.39 is 35.8 Å². The molecule has 2 aromatic rings. The van der Waals surface area contributed by atoms with Crippen LogP contribution < -0.4 is 5.32 Å². The summed E-state index contributed by atoms with van der Waals surface area (Å²) in [6.07, 6.45) is 0. The number of para-hydroxylation sites is 1. The minimum Gasteiger partial charge on any atom is -0.452 e. The molecule has 0 atom stereocenters. The summed E-state index contributed by atoms with van der Waals surface area (Å²) < 4.78 is 36.6. The van der Waals surface area contributed by atoms with Gasteiger partial charge in [0.15, 0.2) is 6.61 Å². The minimum atomic E-state index is -0.914. The average molecular weight is 335 g/mol. The smallest absolute Gasteiger partial charge is 0.338 e. The zero-order chi connectivity index (χ0) is 17.5. The molecule has 5 nitrogen and oxygen atoms in total. The quantitative estimate of drug-likeness (QED) is 0.825. The number of esters is 1. The molecule has 24 heavy (non-hydrogen) atoms. The van der Waals surface area contributed by atoms with Crippen molar-refractivity contribution >= 4 is 17.6 Å². The van der Waals surface area contributed by atoms with Gasteiger partial charge in [-0.1, -0.05) is 18.2 Å². The molecule has 0 spiro atoms. The van der Waals surface area contributed by atoms with Gasteiger partial charge in [-0.2, -0.15) is 0 Å². The number of halogens is 2. The van der Waals surface area contributed by atoms with E-state index in [4.69, 9.17) is 9.47 Å². The predicted octanol–water partition coefficient (Wildman–Crippen LogP) is 2.91. The highest BCUT2D eigenvalue weighted by atomic mass is 19.1. The zero-order valence-corrected chi connectivity index (χ0v) is 12.8. The number of hydrogen-bond donors (Lipinski definition) is 1. The van der Waals surface area contributed by atoms with Crippen LogP contribution >= 0.6 is 0 Å². The molecule has 0 aromatic heterocycles. The SMILES string of the molecule is COCc1ccc(C(=O)OCC(=O)Nc2c(F)cccc2F)cc1. The van der Waals surface area contributed by atoms with Crippen LogP contribution in [0.2, 0.25) is 0 Å². The van der Waals surface area contributed by atoms with Crippen molar-refractivity contribution in [2.24, 2.45) is 0 Å². The van der Waals surface area contributed by atoms with Gasteiger partial charge >= 0.3 is 5.97 Å². The highest BCUT2D eigenvalue weighted by Gasteiger charge is 2.14. The number of amides is 1. The number of carbonyl (C=O) groups is 2. The van der Waals surface area contributed by atoms with E-state index >= 15 is 0 Å². The molecule has 126 valence electrons. The molecule has 7 heteroatoms. The molecule has 2 rings (SSSR count). The molecular weight excluding hydrogens is 320 g/mol. The van der Waals surface area contributed by atoms with Crippen LogP contribution in [0.4, 0.5) is 14.5 Å². The molecule has 0 heterocycles. The molecule has 0 saturated carbocycles. The minimum absolute atomic E-state index is 0.250. The Morgan fingerprint density at radius 1 is 1.04 bits per heavy atom. The monoisotopic (exact) mass is 335 g/mol. The Kier molecular flexibility index (Phi) is 5.97. The molecule has 1 N–H and O–H groups in total. The van der Waals surface area contributed by atoms with E-state index in [2.05, 4.69) is 0 Å². The van der Waals surface area contributed by atoms with Gasteiger partial charge in [-0.05, 0) is 29.8 Å². The van der Waals surface area contributed by atoms with Crippen molar-refractivity contribution in [3.05, 3.63) is 65.2 Å². The van der Waals surface area contributed by atoms with Crippen LogP contribution in [0.1, 0.15) is 15.9 Å². The van der Waals surface area contributed by atoms with E-state index in [1.54, 1.807) is 19.2 Å². The zero-order valence-electron chi connectivity index (χ0n) is 12.8. The van der Waals surface area contributed by atoms with Crippen molar-refractivity contribution in [3.8, 4) is 0 Å². The van der Waals surface area contributed by atoms with Crippen LogP contribution in [0, 0.1) is 11.6 Å². The summed E-state index contributed by atoms with van der Waals surface area (Å²) >= 11 is 0. The van der Waals surface area contributed by atoms with E-state index in [0.717, 1.165) is 17.7 Å². The highest BCUT2D eigenvalue weighted by Crippen LogP contribution is 2.17. The van der Waals surface area contributed by atoms with Crippen LogP contribution in [0.3, 0.4) is 0 Å². The number of methoxy groups -OCH3 is 1. The summed E-state index contributed by atoms with van der Waals surface area (Å²) in [7, 11) is 1.55. The Balaban J connectivity index is 1.90. The average Bonchev–Trinajstić information content (AvgIpc) is 2.57. The lowest BCUT2D eigenvalue weighted by Gasteiger charge is -2.08. The third-order valence-corrected chi connectivity index (χ3v) is 3.06. The van der Waals surface area contributed by atoms with Crippen LogP contribution in [0.25, 0.3) is 0 Å². The first-order valence-electron chi connectivity index (χ1n) is 7.00. The topological polar surface area (TPSA) is 64.6 Å². The Bertz CT molecular complexity index is 712. The van der Waals surface area contributed by atoms with E-state index in [1.165, 1.54) is 18.2 Å². The van der Waals surface area contributed by atoms with Gasteiger partial charge in [0, 0.05) is 7.11 Å². The van der Waals surface area contributed by atoms with Crippen LogP contribution in [0.15, 0.2) is 42.5 Å². The van der Waals surface area contributed by atoms with E-state index in [9.17, 15) is 18.4 Å². The van der Waals surface area contributed by atoms with Crippen molar-refractivity contribution < 1.29 is 27.8 Å². The first-order chi connectivity index (χ1) is 11.5. The number of anilines is 1.